The maximum Gasteiger partial charge on any atom is 0.408 e. The van der Waals surface area contributed by atoms with Gasteiger partial charge in [-0.25, -0.2) is 4.79 Å². The number of ether oxygens (including phenoxy) is 1. The number of alkyl carbamates (subject to hydrolysis) is 1. The lowest BCUT2D eigenvalue weighted by Crippen LogP contribution is -2.35. The summed E-state index contributed by atoms with van der Waals surface area (Å²) in [7, 11) is 0. The number of carbonyl (C=O) groups is 4. The Bertz CT molecular complexity index is 650. The first kappa shape index (κ1) is 22.3. The second-order valence-corrected chi connectivity index (χ2v) is 7.19. The lowest BCUT2D eigenvalue weighted by molar-refractivity contribution is -0.120. The van der Waals surface area contributed by atoms with Crippen LogP contribution in [0, 0.1) is 0 Å². The van der Waals surface area contributed by atoms with Crippen LogP contribution in [0.5, 0.6) is 0 Å². The highest BCUT2D eigenvalue weighted by atomic mass is 16.6. The molecular formula is C20H28N2O5. The lowest BCUT2D eigenvalue weighted by atomic mass is 10.1. The van der Waals surface area contributed by atoms with E-state index < -0.39 is 11.7 Å². The van der Waals surface area contributed by atoms with Crippen molar-refractivity contribution in [3.05, 3.63) is 35.9 Å². The Balaban J connectivity index is 2.11. The zero-order valence-corrected chi connectivity index (χ0v) is 16.2. The number of unbranched alkanes of at least 4 members (excludes halogenated alkanes) is 1. The smallest absolute Gasteiger partial charge is 0.408 e. The van der Waals surface area contributed by atoms with Crippen LogP contribution in [-0.4, -0.2) is 42.3 Å². The Kier molecular flexibility index (Phi) is 9.19. The first-order valence-electron chi connectivity index (χ1n) is 9.01. The van der Waals surface area contributed by atoms with E-state index in [1.54, 1.807) is 45.0 Å². The number of amides is 2. The molecule has 0 heterocycles. The summed E-state index contributed by atoms with van der Waals surface area (Å²) in [5, 5.41) is 4.99. The highest BCUT2D eigenvalue weighted by molar-refractivity contribution is 5.96. The van der Waals surface area contributed by atoms with E-state index in [1.807, 2.05) is 6.07 Å². The standard InChI is InChI=1S/C20H28N2O5/c1-20(2,3)27-19(26)22-14-17(24)12-8-7-11-16(23)13-21-18(25)15-9-5-4-6-10-15/h4-6,9-10H,7-8,11-14H2,1-3H3,(H,21,25)(H,22,26). The van der Waals surface area contributed by atoms with Gasteiger partial charge in [0.25, 0.3) is 5.91 Å². The van der Waals surface area contributed by atoms with Crippen molar-refractivity contribution in [3.63, 3.8) is 0 Å². The van der Waals surface area contributed by atoms with E-state index in [-0.39, 0.29) is 37.0 Å². The first-order chi connectivity index (χ1) is 12.7. The number of benzene rings is 1. The van der Waals surface area contributed by atoms with Gasteiger partial charge in [0.2, 0.25) is 0 Å². The van der Waals surface area contributed by atoms with E-state index in [0.29, 0.717) is 24.8 Å². The molecule has 1 aromatic carbocycles. The third-order valence-electron chi connectivity index (χ3n) is 3.47. The molecule has 0 fully saturated rings. The van der Waals surface area contributed by atoms with Gasteiger partial charge in [0.1, 0.15) is 5.60 Å². The Morgan fingerprint density at radius 3 is 1.89 bits per heavy atom. The van der Waals surface area contributed by atoms with Gasteiger partial charge in [-0.2, -0.15) is 0 Å². The van der Waals surface area contributed by atoms with Crippen LogP contribution in [0.3, 0.4) is 0 Å². The average molecular weight is 376 g/mol. The van der Waals surface area contributed by atoms with Crippen LogP contribution in [0.15, 0.2) is 30.3 Å². The van der Waals surface area contributed by atoms with Crippen LogP contribution >= 0.6 is 0 Å². The number of nitrogens with one attached hydrogen (secondary N) is 2. The van der Waals surface area contributed by atoms with Crippen molar-refractivity contribution >= 4 is 23.6 Å². The Labute approximate surface area is 159 Å². The van der Waals surface area contributed by atoms with E-state index in [9.17, 15) is 19.2 Å². The minimum Gasteiger partial charge on any atom is -0.444 e. The van der Waals surface area contributed by atoms with Gasteiger partial charge in [-0.15, -0.1) is 0 Å². The molecule has 2 amide bonds. The molecule has 0 aliphatic carbocycles. The molecule has 7 nitrogen and oxygen atoms in total. The third-order valence-corrected chi connectivity index (χ3v) is 3.47. The van der Waals surface area contributed by atoms with E-state index in [4.69, 9.17) is 4.74 Å². The summed E-state index contributed by atoms with van der Waals surface area (Å²) in [6.45, 7) is 5.12. The van der Waals surface area contributed by atoms with Crippen LogP contribution in [-0.2, 0) is 14.3 Å². The molecule has 0 aliphatic heterocycles. The van der Waals surface area contributed by atoms with Crippen LogP contribution in [0.1, 0.15) is 56.8 Å². The third kappa shape index (κ3) is 10.8. The first-order valence-corrected chi connectivity index (χ1v) is 9.01. The van der Waals surface area contributed by atoms with Gasteiger partial charge in [-0.1, -0.05) is 18.2 Å². The number of ketones is 2. The number of hydrogen-bond acceptors (Lipinski definition) is 5. The molecule has 0 aromatic heterocycles. The normalized spacial score (nSPS) is 10.8. The van der Waals surface area contributed by atoms with Crippen molar-refractivity contribution in [1.29, 1.82) is 0 Å². The fourth-order valence-corrected chi connectivity index (χ4v) is 2.18. The van der Waals surface area contributed by atoms with Gasteiger partial charge in [0, 0.05) is 18.4 Å². The quantitative estimate of drug-likeness (QED) is 0.611. The maximum atomic E-state index is 11.8. The van der Waals surface area contributed by atoms with Crippen molar-refractivity contribution in [2.75, 3.05) is 13.1 Å². The largest absolute Gasteiger partial charge is 0.444 e. The lowest BCUT2D eigenvalue weighted by Gasteiger charge is -2.19. The summed E-state index contributed by atoms with van der Waals surface area (Å²) in [5.41, 5.74) is -0.1000. The highest BCUT2D eigenvalue weighted by Gasteiger charge is 2.16. The van der Waals surface area contributed by atoms with E-state index >= 15 is 0 Å². The fourth-order valence-electron chi connectivity index (χ4n) is 2.18. The topological polar surface area (TPSA) is 102 Å². The van der Waals surface area contributed by atoms with Gasteiger partial charge in [-0.05, 0) is 45.7 Å². The monoisotopic (exact) mass is 376 g/mol. The molecule has 0 atom stereocenters. The molecule has 1 aromatic rings. The fraction of sp³-hybridized carbons (Fsp3) is 0.500. The molecule has 0 bridgehead atoms. The Morgan fingerprint density at radius 1 is 0.852 bits per heavy atom. The summed E-state index contributed by atoms with van der Waals surface area (Å²) in [6.07, 6.45) is 1.05. The zero-order valence-electron chi connectivity index (χ0n) is 16.2. The van der Waals surface area contributed by atoms with Crippen LogP contribution in [0.2, 0.25) is 0 Å². The van der Waals surface area contributed by atoms with E-state index in [1.165, 1.54) is 0 Å². The molecule has 0 saturated carbocycles. The highest BCUT2D eigenvalue weighted by Crippen LogP contribution is 2.06. The predicted octanol–water partition coefficient (Wildman–Crippen LogP) is 2.64. The van der Waals surface area contributed by atoms with Gasteiger partial charge in [-0.3, -0.25) is 14.4 Å². The molecule has 0 saturated heterocycles. The molecule has 0 unspecified atom stereocenters. The Morgan fingerprint density at radius 2 is 1.37 bits per heavy atom. The van der Waals surface area contributed by atoms with Crippen molar-refractivity contribution < 1.29 is 23.9 Å². The van der Waals surface area contributed by atoms with E-state index in [2.05, 4.69) is 10.6 Å². The molecule has 2 N–H and O–H groups in total. The maximum absolute atomic E-state index is 11.8. The second kappa shape index (κ2) is 11.1. The van der Waals surface area contributed by atoms with Crippen LogP contribution < -0.4 is 10.6 Å². The van der Waals surface area contributed by atoms with Gasteiger partial charge in [0.05, 0.1) is 13.1 Å². The van der Waals surface area contributed by atoms with Crippen molar-refractivity contribution in [2.24, 2.45) is 0 Å². The summed E-state index contributed by atoms with van der Waals surface area (Å²) in [5.74, 6) is -0.489. The molecule has 0 spiro atoms. The van der Waals surface area contributed by atoms with Gasteiger partial charge in [0.15, 0.2) is 11.6 Å². The summed E-state index contributed by atoms with van der Waals surface area (Å²) in [6, 6.07) is 8.68. The SMILES string of the molecule is CC(C)(C)OC(=O)NCC(=O)CCCCC(=O)CNC(=O)c1ccccc1. The average Bonchev–Trinajstić information content (AvgIpc) is 2.61. The van der Waals surface area contributed by atoms with E-state index in [0.717, 1.165) is 0 Å². The predicted molar refractivity (Wildman–Crippen MR) is 101 cm³/mol. The van der Waals surface area contributed by atoms with Crippen LogP contribution in [0.25, 0.3) is 0 Å². The number of rotatable bonds is 10. The van der Waals surface area contributed by atoms with Crippen molar-refractivity contribution in [3.8, 4) is 0 Å². The summed E-state index contributed by atoms with van der Waals surface area (Å²) >= 11 is 0. The zero-order chi connectivity index (χ0) is 20.3. The van der Waals surface area contributed by atoms with Crippen molar-refractivity contribution in [1.82, 2.24) is 10.6 Å². The number of carbonyl (C=O) groups excluding carboxylic acids is 4. The van der Waals surface area contributed by atoms with Crippen molar-refractivity contribution in [2.45, 2.75) is 52.1 Å². The molecule has 0 aliphatic rings. The minimum atomic E-state index is -0.625. The van der Waals surface area contributed by atoms with Gasteiger partial charge >= 0.3 is 6.09 Å². The summed E-state index contributed by atoms with van der Waals surface area (Å²) in [4.78, 5) is 46.8. The Hall–Kier alpha value is -2.70. The van der Waals surface area contributed by atoms with Crippen LogP contribution in [0.4, 0.5) is 4.79 Å². The molecule has 7 heteroatoms. The number of hydrogen-bond donors (Lipinski definition) is 2. The second-order valence-electron chi connectivity index (χ2n) is 7.19. The summed E-state index contributed by atoms with van der Waals surface area (Å²) < 4.78 is 5.04. The number of Topliss-reactive ketones (excluding diaryl/α,β-unsaturated/α-hetero) is 2. The molecule has 27 heavy (non-hydrogen) atoms. The molecule has 0 radical (unpaired) electrons. The molecular weight excluding hydrogens is 348 g/mol. The molecule has 1 rings (SSSR count). The molecule has 148 valence electrons. The van der Waals surface area contributed by atoms with Gasteiger partial charge < -0.3 is 15.4 Å². The minimum absolute atomic E-state index is 0.0259.